The Morgan fingerprint density at radius 3 is 2.42 bits per heavy atom. The Morgan fingerprint density at radius 1 is 1.08 bits per heavy atom. The van der Waals surface area contributed by atoms with E-state index in [0.717, 1.165) is 16.5 Å². The van der Waals surface area contributed by atoms with E-state index in [1.807, 2.05) is 59.2 Å². The van der Waals surface area contributed by atoms with Crippen molar-refractivity contribution in [3.63, 3.8) is 0 Å². The lowest BCUT2D eigenvalue weighted by Crippen LogP contribution is -2.01. The Bertz CT molecular complexity index is 1130. The highest BCUT2D eigenvalue weighted by atomic mass is 35.5. The van der Waals surface area contributed by atoms with Crippen molar-refractivity contribution in [2.24, 2.45) is 0 Å². The first kappa shape index (κ1) is 16.5. The van der Waals surface area contributed by atoms with Crippen molar-refractivity contribution in [1.82, 2.24) is 4.57 Å². The number of hydrogen-bond acceptors (Lipinski definition) is 3. The van der Waals surface area contributed by atoms with Gasteiger partial charge in [-0.3, -0.25) is 0 Å². The molecule has 5 heteroatoms. The second kappa shape index (κ2) is 6.39. The summed E-state index contributed by atoms with van der Waals surface area (Å²) < 4.78 is 6.90. The van der Waals surface area contributed by atoms with Gasteiger partial charge in [0, 0.05) is 28.9 Å². The van der Waals surface area contributed by atoms with Gasteiger partial charge in [-0.25, -0.2) is 4.79 Å². The standard InChI is InChI=1S/C21H16ClNO3/c1-26-21(25)16-12-23(11-13-7-3-2-4-8-13)19-14-9-5-6-10-15(14)20(24)18(22)17(16)19/h2-10,12,24H,11H2,1H3. The number of benzene rings is 3. The molecule has 0 aliphatic rings. The summed E-state index contributed by atoms with van der Waals surface area (Å²) >= 11 is 6.46. The van der Waals surface area contributed by atoms with Crippen molar-refractivity contribution in [1.29, 1.82) is 0 Å². The smallest absolute Gasteiger partial charge is 0.340 e. The first-order valence-corrected chi connectivity index (χ1v) is 8.54. The Kier molecular flexibility index (Phi) is 4.05. The number of carbonyl (C=O) groups is 1. The molecule has 3 aromatic carbocycles. The number of rotatable bonds is 3. The van der Waals surface area contributed by atoms with Crippen molar-refractivity contribution >= 4 is 39.2 Å². The lowest BCUT2D eigenvalue weighted by atomic mass is 10.0. The van der Waals surface area contributed by atoms with Crippen molar-refractivity contribution in [3.8, 4) is 5.75 Å². The number of phenols is 1. The Labute approximate surface area is 155 Å². The molecule has 0 amide bonds. The molecule has 4 nitrogen and oxygen atoms in total. The lowest BCUT2D eigenvalue weighted by Gasteiger charge is -2.11. The second-order valence-electron chi connectivity index (χ2n) is 6.08. The van der Waals surface area contributed by atoms with E-state index >= 15 is 0 Å². The summed E-state index contributed by atoms with van der Waals surface area (Å²) in [6.45, 7) is 0.569. The van der Waals surface area contributed by atoms with Crippen LogP contribution in [0.1, 0.15) is 15.9 Å². The number of carbonyl (C=O) groups excluding carboxylic acids is 1. The number of esters is 1. The maximum absolute atomic E-state index is 12.3. The third kappa shape index (κ3) is 2.50. The number of phenolic OH excluding ortho intramolecular Hbond substituents is 1. The fraction of sp³-hybridized carbons (Fsp3) is 0.0952. The molecule has 0 saturated heterocycles. The topological polar surface area (TPSA) is 51.5 Å². The minimum Gasteiger partial charge on any atom is -0.506 e. The monoisotopic (exact) mass is 365 g/mol. The number of aromatic hydroxyl groups is 1. The number of fused-ring (bicyclic) bond motifs is 3. The summed E-state index contributed by atoms with van der Waals surface area (Å²) in [5.41, 5.74) is 2.23. The molecule has 4 rings (SSSR count). The quantitative estimate of drug-likeness (QED) is 0.520. The zero-order valence-electron chi connectivity index (χ0n) is 14.1. The molecule has 0 bridgehead atoms. The van der Waals surface area contributed by atoms with E-state index < -0.39 is 5.97 Å². The zero-order chi connectivity index (χ0) is 18.3. The molecular formula is C21H16ClNO3. The number of ether oxygens (including phenoxy) is 1. The van der Waals surface area contributed by atoms with Crippen molar-refractivity contribution in [2.75, 3.05) is 7.11 Å². The van der Waals surface area contributed by atoms with Gasteiger partial charge in [0.05, 0.1) is 23.2 Å². The van der Waals surface area contributed by atoms with Crippen LogP contribution in [0.4, 0.5) is 0 Å². The predicted molar refractivity (Wildman–Crippen MR) is 103 cm³/mol. The maximum atomic E-state index is 12.3. The fourth-order valence-electron chi connectivity index (χ4n) is 3.37. The number of aromatic nitrogens is 1. The fourth-order valence-corrected chi connectivity index (χ4v) is 3.66. The molecule has 0 saturated carbocycles. The molecule has 26 heavy (non-hydrogen) atoms. The minimum absolute atomic E-state index is 0.0302. The molecule has 0 spiro atoms. The SMILES string of the molecule is COC(=O)c1cn(Cc2ccccc2)c2c1c(Cl)c(O)c1ccccc12. The van der Waals surface area contributed by atoms with Crippen molar-refractivity contribution < 1.29 is 14.6 Å². The van der Waals surface area contributed by atoms with Crippen LogP contribution in [0, 0.1) is 0 Å². The Morgan fingerprint density at radius 2 is 1.73 bits per heavy atom. The number of nitrogens with zero attached hydrogens (tertiary/aromatic N) is 1. The van der Waals surface area contributed by atoms with E-state index in [4.69, 9.17) is 16.3 Å². The van der Waals surface area contributed by atoms with Crippen LogP contribution in [0.2, 0.25) is 5.02 Å². The van der Waals surface area contributed by atoms with Crippen LogP contribution < -0.4 is 0 Å². The van der Waals surface area contributed by atoms with Crippen LogP contribution in [-0.4, -0.2) is 22.8 Å². The van der Waals surface area contributed by atoms with Crippen molar-refractivity contribution in [3.05, 3.63) is 76.9 Å². The van der Waals surface area contributed by atoms with E-state index in [-0.39, 0.29) is 10.8 Å². The number of hydrogen-bond donors (Lipinski definition) is 1. The van der Waals surface area contributed by atoms with Gasteiger partial charge >= 0.3 is 5.97 Å². The highest BCUT2D eigenvalue weighted by Crippen LogP contribution is 2.43. The van der Waals surface area contributed by atoms with Crippen LogP contribution >= 0.6 is 11.6 Å². The van der Waals surface area contributed by atoms with E-state index in [1.54, 1.807) is 6.20 Å². The summed E-state index contributed by atoms with van der Waals surface area (Å²) in [5.74, 6) is -0.518. The highest BCUT2D eigenvalue weighted by Gasteiger charge is 2.23. The molecule has 0 radical (unpaired) electrons. The van der Waals surface area contributed by atoms with Gasteiger partial charge in [0.25, 0.3) is 0 Å². The van der Waals surface area contributed by atoms with Crippen LogP contribution in [0.15, 0.2) is 60.8 Å². The molecule has 1 aromatic heterocycles. The molecule has 1 N–H and O–H groups in total. The third-order valence-electron chi connectivity index (χ3n) is 4.54. The van der Waals surface area contributed by atoms with Crippen LogP contribution in [0.25, 0.3) is 21.7 Å². The van der Waals surface area contributed by atoms with Gasteiger partial charge in [-0.1, -0.05) is 66.2 Å². The second-order valence-corrected chi connectivity index (χ2v) is 6.46. The van der Waals surface area contributed by atoms with Crippen molar-refractivity contribution in [2.45, 2.75) is 6.54 Å². The first-order chi connectivity index (χ1) is 12.6. The summed E-state index contributed by atoms with van der Waals surface area (Å²) in [4.78, 5) is 12.3. The Balaban J connectivity index is 2.10. The summed E-state index contributed by atoms with van der Waals surface area (Å²) in [6.07, 6.45) is 1.74. The summed E-state index contributed by atoms with van der Waals surface area (Å²) in [5, 5.41) is 12.7. The number of methoxy groups -OCH3 is 1. The molecule has 0 atom stereocenters. The average Bonchev–Trinajstić information content (AvgIpc) is 3.05. The van der Waals surface area contributed by atoms with Gasteiger partial charge in [-0.05, 0) is 5.56 Å². The van der Waals surface area contributed by atoms with Crippen LogP contribution in [-0.2, 0) is 11.3 Å². The Hall–Kier alpha value is -2.98. The van der Waals surface area contributed by atoms with Gasteiger partial charge in [0.1, 0.15) is 5.75 Å². The molecule has 0 aliphatic heterocycles. The lowest BCUT2D eigenvalue weighted by molar-refractivity contribution is 0.0602. The highest BCUT2D eigenvalue weighted by molar-refractivity contribution is 6.40. The van der Waals surface area contributed by atoms with Crippen LogP contribution in [0.3, 0.4) is 0 Å². The zero-order valence-corrected chi connectivity index (χ0v) is 14.8. The molecule has 4 aromatic rings. The average molecular weight is 366 g/mol. The van der Waals surface area contributed by atoms with E-state index in [9.17, 15) is 9.90 Å². The van der Waals surface area contributed by atoms with E-state index in [2.05, 4.69) is 0 Å². The normalized spacial score (nSPS) is 11.2. The van der Waals surface area contributed by atoms with E-state index in [0.29, 0.717) is 22.9 Å². The van der Waals surface area contributed by atoms with Gasteiger partial charge in [-0.2, -0.15) is 0 Å². The van der Waals surface area contributed by atoms with Gasteiger partial charge in [0.15, 0.2) is 0 Å². The largest absolute Gasteiger partial charge is 0.506 e. The molecule has 0 unspecified atom stereocenters. The van der Waals surface area contributed by atoms with Gasteiger partial charge in [0.2, 0.25) is 0 Å². The molecule has 130 valence electrons. The van der Waals surface area contributed by atoms with Gasteiger partial charge in [-0.15, -0.1) is 0 Å². The maximum Gasteiger partial charge on any atom is 0.340 e. The van der Waals surface area contributed by atoms with Crippen LogP contribution in [0.5, 0.6) is 5.75 Å². The molecule has 0 fully saturated rings. The summed E-state index contributed by atoms with van der Waals surface area (Å²) in [7, 11) is 1.33. The minimum atomic E-state index is -0.488. The van der Waals surface area contributed by atoms with Gasteiger partial charge < -0.3 is 14.4 Å². The molecule has 1 heterocycles. The third-order valence-corrected chi connectivity index (χ3v) is 4.91. The number of halogens is 1. The first-order valence-electron chi connectivity index (χ1n) is 8.16. The summed E-state index contributed by atoms with van der Waals surface area (Å²) in [6, 6.07) is 17.4. The molecule has 0 aliphatic carbocycles. The predicted octanol–water partition coefficient (Wildman–Crippen LogP) is 4.99. The molecular weight excluding hydrogens is 350 g/mol. The van der Waals surface area contributed by atoms with E-state index in [1.165, 1.54) is 7.11 Å².